The summed E-state index contributed by atoms with van der Waals surface area (Å²) < 4.78 is 15.6. The summed E-state index contributed by atoms with van der Waals surface area (Å²) in [7, 11) is -3.89. The summed E-state index contributed by atoms with van der Waals surface area (Å²) in [4.78, 5) is 21.0. The van der Waals surface area contributed by atoms with Gasteiger partial charge in [0.2, 0.25) is 6.41 Å². The largest absolute Gasteiger partial charge is 0.432 e. The van der Waals surface area contributed by atoms with Gasteiger partial charge in [0.15, 0.2) is 0 Å². The minimum absolute atomic E-state index is 0.161. The third-order valence-electron chi connectivity index (χ3n) is 2.09. The van der Waals surface area contributed by atoms with Crippen LogP contribution in [0.3, 0.4) is 0 Å². The van der Waals surface area contributed by atoms with Gasteiger partial charge in [-0.05, 0) is 25.9 Å². The molecule has 0 aliphatic carbocycles. The summed E-state index contributed by atoms with van der Waals surface area (Å²) in [5.41, 5.74) is 0. The highest BCUT2D eigenvalue weighted by Crippen LogP contribution is 2.35. The predicted octanol–water partition coefficient (Wildman–Crippen LogP) is -0.0548. The molecular formula is C7H15N2O4P. The second kappa shape index (κ2) is 5.46. The molecule has 7 heteroatoms. The Hall–Kier alpha value is -0.420. The van der Waals surface area contributed by atoms with E-state index in [1.165, 1.54) is 12.8 Å². The lowest BCUT2D eigenvalue weighted by Crippen LogP contribution is -2.24. The lowest BCUT2D eigenvalue weighted by atomic mass is 10.4. The number of carbonyl (C=O) groups excluding carboxylic acids is 1. The fraction of sp³-hybridized carbons (Fsp3) is 0.857. The van der Waals surface area contributed by atoms with E-state index in [9.17, 15) is 9.36 Å². The third-order valence-corrected chi connectivity index (χ3v) is 3.05. The fourth-order valence-electron chi connectivity index (χ4n) is 1.40. The number of carbonyl (C=O) groups is 1. The van der Waals surface area contributed by atoms with Crippen LogP contribution in [0.4, 0.5) is 0 Å². The van der Waals surface area contributed by atoms with Gasteiger partial charge in [0, 0.05) is 6.54 Å². The number of nitrogens with zero attached hydrogens (tertiary/aromatic N) is 1. The normalized spacial score (nSPS) is 21.8. The first-order valence-corrected chi connectivity index (χ1v) is 6.13. The maximum atomic E-state index is 11.0. The molecule has 1 atom stereocenters. The lowest BCUT2D eigenvalue weighted by Gasteiger charge is -2.15. The molecular weight excluding hydrogens is 207 g/mol. The minimum Gasteiger partial charge on any atom is -0.308 e. The van der Waals surface area contributed by atoms with Crippen molar-refractivity contribution < 1.29 is 18.8 Å². The molecule has 0 aromatic heterocycles. The van der Waals surface area contributed by atoms with Gasteiger partial charge in [0.1, 0.15) is 0 Å². The van der Waals surface area contributed by atoms with E-state index in [1.807, 2.05) is 0 Å². The number of amides is 1. The van der Waals surface area contributed by atoms with E-state index in [2.05, 4.69) is 9.42 Å². The van der Waals surface area contributed by atoms with Crippen LogP contribution in [0.15, 0.2) is 0 Å². The molecule has 14 heavy (non-hydrogen) atoms. The molecule has 1 saturated heterocycles. The molecule has 0 aromatic rings. The van der Waals surface area contributed by atoms with Crippen molar-refractivity contribution in [2.75, 3.05) is 26.2 Å². The van der Waals surface area contributed by atoms with E-state index in [4.69, 9.17) is 4.89 Å². The Labute approximate surface area is 82.8 Å². The molecule has 0 aromatic carbocycles. The zero-order valence-electron chi connectivity index (χ0n) is 7.89. The highest BCUT2D eigenvalue weighted by molar-refractivity contribution is 7.51. The fourth-order valence-corrected chi connectivity index (χ4v) is 1.94. The highest BCUT2D eigenvalue weighted by Gasteiger charge is 2.18. The number of nitrogens with one attached hydrogen (secondary N) is 1. The lowest BCUT2D eigenvalue weighted by molar-refractivity contribution is -0.108. The molecule has 0 bridgehead atoms. The molecule has 6 nitrogen and oxygen atoms in total. The second-order valence-electron chi connectivity index (χ2n) is 3.15. The topological polar surface area (TPSA) is 78.9 Å². The Bertz CT molecular complexity index is 230. The SMILES string of the molecule is O=CNP(=O)(O)OCCN1CCCC1. The number of rotatable bonds is 6. The standard InChI is InChI=1S/C7H15N2O4P/c10-7-8-14(11,12)13-6-5-9-3-1-2-4-9/h7H,1-6H2,(H2,8,10,11,12). The molecule has 1 aliphatic rings. The zero-order valence-corrected chi connectivity index (χ0v) is 8.78. The van der Waals surface area contributed by atoms with E-state index in [-0.39, 0.29) is 13.0 Å². The van der Waals surface area contributed by atoms with Crippen LogP contribution in [-0.2, 0) is 13.9 Å². The number of likely N-dealkylation sites (tertiary alicyclic amines) is 1. The molecule has 0 saturated carbocycles. The Morgan fingerprint density at radius 3 is 2.71 bits per heavy atom. The van der Waals surface area contributed by atoms with Crippen LogP contribution in [0.2, 0.25) is 0 Å². The van der Waals surface area contributed by atoms with Crippen LogP contribution in [0, 0.1) is 0 Å². The maximum Gasteiger partial charge on any atom is 0.432 e. The molecule has 0 spiro atoms. The van der Waals surface area contributed by atoms with Crippen molar-refractivity contribution in [3.63, 3.8) is 0 Å². The molecule has 2 N–H and O–H groups in total. The molecule has 1 amide bonds. The average Bonchev–Trinajstić information content (AvgIpc) is 2.56. The van der Waals surface area contributed by atoms with Gasteiger partial charge in [0.25, 0.3) is 0 Å². The Kier molecular flexibility index (Phi) is 4.54. The maximum absolute atomic E-state index is 11.0. The van der Waals surface area contributed by atoms with Crippen molar-refractivity contribution in [1.82, 2.24) is 9.99 Å². The smallest absolute Gasteiger partial charge is 0.308 e. The first-order valence-electron chi connectivity index (χ1n) is 4.55. The van der Waals surface area contributed by atoms with Crippen LogP contribution in [0.5, 0.6) is 0 Å². The van der Waals surface area contributed by atoms with E-state index >= 15 is 0 Å². The monoisotopic (exact) mass is 222 g/mol. The Balaban J connectivity index is 2.13. The average molecular weight is 222 g/mol. The third kappa shape index (κ3) is 4.19. The molecule has 82 valence electrons. The van der Waals surface area contributed by atoms with Gasteiger partial charge >= 0.3 is 7.75 Å². The van der Waals surface area contributed by atoms with Gasteiger partial charge in [-0.15, -0.1) is 0 Å². The van der Waals surface area contributed by atoms with Crippen LogP contribution in [0.1, 0.15) is 12.8 Å². The summed E-state index contributed by atoms with van der Waals surface area (Å²) >= 11 is 0. The summed E-state index contributed by atoms with van der Waals surface area (Å²) in [5.74, 6) is 0. The van der Waals surface area contributed by atoms with Crippen LogP contribution in [-0.4, -0.2) is 42.4 Å². The van der Waals surface area contributed by atoms with Crippen molar-refractivity contribution >= 4 is 14.2 Å². The zero-order chi connectivity index (χ0) is 10.4. The molecule has 1 unspecified atom stereocenters. The van der Waals surface area contributed by atoms with Gasteiger partial charge in [-0.1, -0.05) is 0 Å². The Morgan fingerprint density at radius 2 is 2.14 bits per heavy atom. The predicted molar refractivity (Wildman–Crippen MR) is 50.7 cm³/mol. The first-order chi connectivity index (χ1) is 6.64. The van der Waals surface area contributed by atoms with Crippen LogP contribution < -0.4 is 5.09 Å². The highest BCUT2D eigenvalue weighted by atomic mass is 31.2. The van der Waals surface area contributed by atoms with Crippen molar-refractivity contribution in [1.29, 1.82) is 0 Å². The molecule has 1 aliphatic heterocycles. The summed E-state index contributed by atoms with van der Waals surface area (Å²) in [6.45, 7) is 2.82. The molecule has 1 heterocycles. The van der Waals surface area contributed by atoms with Crippen molar-refractivity contribution in [2.45, 2.75) is 12.8 Å². The number of hydrogen-bond donors (Lipinski definition) is 2. The van der Waals surface area contributed by atoms with Crippen molar-refractivity contribution in [3.05, 3.63) is 0 Å². The van der Waals surface area contributed by atoms with E-state index in [1.54, 1.807) is 5.09 Å². The molecule has 1 rings (SSSR count). The van der Waals surface area contributed by atoms with Gasteiger partial charge in [-0.2, -0.15) is 0 Å². The van der Waals surface area contributed by atoms with Gasteiger partial charge < -0.3 is 9.79 Å². The van der Waals surface area contributed by atoms with Gasteiger partial charge in [-0.3, -0.25) is 14.4 Å². The molecule has 1 fully saturated rings. The van der Waals surface area contributed by atoms with Crippen molar-refractivity contribution in [3.8, 4) is 0 Å². The van der Waals surface area contributed by atoms with Gasteiger partial charge in [-0.25, -0.2) is 4.57 Å². The second-order valence-corrected chi connectivity index (χ2v) is 4.71. The van der Waals surface area contributed by atoms with Crippen LogP contribution in [0.25, 0.3) is 0 Å². The summed E-state index contributed by atoms with van der Waals surface area (Å²) in [6.07, 6.45) is 2.50. The van der Waals surface area contributed by atoms with E-state index in [0.29, 0.717) is 6.54 Å². The Morgan fingerprint density at radius 1 is 1.50 bits per heavy atom. The molecule has 0 radical (unpaired) electrons. The summed E-state index contributed by atoms with van der Waals surface area (Å²) in [6, 6.07) is 0. The van der Waals surface area contributed by atoms with Crippen LogP contribution >= 0.6 is 7.75 Å². The van der Waals surface area contributed by atoms with Gasteiger partial charge in [0.05, 0.1) is 6.61 Å². The van der Waals surface area contributed by atoms with E-state index < -0.39 is 7.75 Å². The summed E-state index contributed by atoms with van der Waals surface area (Å²) in [5, 5.41) is 1.74. The minimum atomic E-state index is -3.89. The first kappa shape index (κ1) is 11.7. The van der Waals surface area contributed by atoms with Crippen molar-refractivity contribution in [2.24, 2.45) is 0 Å². The quantitative estimate of drug-likeness (QED) is 0.486. The number of hydrogen-bond acceptors (Lipinski definition) is 4. The van der Waals surface area contributed by atoms with E-state index in [0.717, 1.165) is 13.1 Å².